The fraction of sp³-hybridized carbons (Fsp3) is 0.882. The molecule has 1 fully saturated rings. The predicted molar refractivity (Wildman–Crippen MR) is 83.8 cm³/mol. The van der Waals surface area contributed by atoms with Crippen LogP contribution in [0.1, 0.15) is 66.7 Å². The minimum absolute atomic E-state index is 0.172. The van der Waals surface area contributed by atoms with E-state index in [1.807, 2.05) is 20.8 Å². The van der Waals surface area contributed by atoms with Crippen molar-refractivity contribution < 1.29 is 14.3 Å². The van der Waals surface area contributed by atoms with E-state index in [0.29, 0.717) is 13.2 Å². The molecule has 1 rings (SSSR count). The van der Waals surface area contributed by atoms with E-state index in [2.05, 4.69) is 12.2 Å². The van der Waals surface area contributed by atoms with Crippen LogP contribution in [0.15, 0.2) is 0 Å². The number of rotatable bonds is 5. The number of esters is 1. The summed E-state index contributed by atoms with van der Waals surface area (Å²) in [6.07, 6.45) is 6.04. The Kier molecular flexibility index (Phi) is 6.24. The summed E-state index contributed by atoms with van der Waals surface area (Å²) in [4.78, 5) is 24.6. The number of amides is 1. The molecule has 0 aromatic carbocycles. The summed E-state index contributed by atoms with van der Waals surface area (Å²) < 4.78 is 5.07. The van der Waals surface area contributed by atoms with Crippen molar-refractivity contribution in [2.75, 3.05) is 13.2 Å². The molecule has 0 radical (unpaired) electrons. The van der Waals surface area contributed by atoms with Gasteiger partial charge in [0.25, 0.3) is 0 Å². The topological polar surface area (TPSA) is 55.4 Å². The second-order valence-electron chi connectivity index (χ2n) is 7.64. The summed E-state index contributed by atoms with van der Waals surface area (Å²) in [5.41, 5.74) is -0.269. The number of ether oxygens (including phenoxy) is 1. The molecule has 1 unspecified atom stereocenters. The molecule has 1 aliphatic carbocycles. The standard InChI is InChI=1S/C17H31NO3/c1-6-21-15(20)13(16(2,3)4)14(19)18-12-17(5)10-8-7-9-11-17/h13H,6-12H2,1-5H3,(H,18,19). The Hall–Kier alpha value is -1.06. The van der Waals surface area contributed by atoms with Gasteiger partial charge in [-0.15, -0.1) is 0 Å². The Balaban J connectivity index is 2.66. The average Bonchev–Trinajstić information content (AvgIpc) is 2.36. The minimum atomic E-state index is -0.746. The molecule has 21 heavy (non-hydrogen) atoms. The van der Waals surface area contributed by atoms with Gasteiger partial charge in [0, 0.05) is 6.54 Å². The van der Waals surface area contributed by atoms with E-state index in [-0.39, 0.29) is 11.3 Å². The van der Waals surface area contributed by atoms with Crippen LogP contribution in [0.4, 0.5) is 0 Å². The summed E-state index contributed by atoms with van der Waals surface area (Å²) in [5.74, 6) is -1.37. The lowest BCUT2D eigenvalue weighted by Gasteiger charge is -2.35. The molecule has 122 valence electrons. The quantitative estimate of drug-likeness (QED) is 0.626. The largest absolute Gasteiger partial charge is 0.465 e. The monoisotopic (exact) mass is 297 g/mol. The lowest BCUT2D eigenvalue weighted by atomic mass is 9.75. The zero-order valence-corrected chi connectivity index (χ0v) is 14.3. The number of carbonyl (C=O) groups is 2. The molecule has 0 aliphatic heterocycles. The van der Waals surface area contributed by atoms with Crippen molar-refractivity contribution in [1.82, 2.24) is 5.32 Å². The normalized spacial score (nSPS) is 19.7. The van der Waals surface area contributed by atoms with Gasteiger partial charge < -0.3 is 10.1 Å². The van der Waals surface area contributed by atoms with Gasteiger partial charge in [-0.25, -0.2) is 0 Å². The smallest absolute Gasteiger partial charge is 0.319 e. The minimum Gasteiger partial charge on any atom is -0.465 e. The lowest BCUT2D eigenvalue weighted by molar-refractivity contribution is -0.156. The van der Waals surface area contributed by atoms with Gasteiger partial charge in [0.2, 0.25) is 5.91 Å². The van der Waals surface area contributed by atoms with E-state index < -0.39 is 17.3 Å². The van der Waals surface area contributed by atoms with Crippen LogP contribution in [-0.2, 0) is 14.3 Å². The number of nitrogens with one attached hydrogen (secondary N) is 1. The second kappa shape index (κ2) is 7.28. The molecule has 0 aromatic rings. The number of hydrogen-bond donors (Lipinski definition) is 1. The van der Waals surface area contributed by atoms with Crippen LogP contribution in [0.25, 0.3) is 0 Å². The van der Waals surface area contributed by atoms with E-state index in [1.165, 1.54) is 19.3 Å². The Labute approximate surface area is 129 Å². The molecule has 1 atom stereocenters. The molecular formula is C17H31NO3. The van der Waals surface area contributed by atoms with E-state index >= 15 is 0 Å². The summed E-state index contributed by atoms with van der Waals surface area (Å²) >= 11 is 0. The third-order valence-corrected chi connectivity index (χ3v) is 4.40. The van der Waals surface area contributed by atoms with Gasteiger partial charge in [-0.2, -0.15) is 0 Å². The molecule has 1 saturated carbocycles. The first-order chi connectivity index (χ1) is 9.69. The highest BCUT2D eigenvalue weighted by atomic mass is 16.5. The summed E-state index contributed by atoms with van der Waals surface area (Å²) in [7, 11) is 0. The van der Waals surface area contributed by atoms with Crippen LogP contribution in [-0.4, -0.2) is 25.0 Å². The van der Waals surface area contributed by atoms with Crippen LogP contribution in [0, 0.1) is 16.7 Å². The first kappa shape index (κ1) is 18.0. The fourth-order valence-corrected chi connectivity index (χ4v) is 3.06. The van der Waals surface area contributed by atoms with Gasteiger partial charge in [-0.05, 0) is 30.6 Å². The van der Waals surface area contributed by atoms with Gasteiger partial charge in [0.1, 0.15) is 5.92 Å². The zero-order valence-electron chi connectivity index (χ0n) is 14.3. The van der Waals surface area contributed by atoms with Crippen molar-refractivity contribution in [2.45, 2.75) is 66.7 Å². The van der Waals surface area contributed by atoms with Gasteiger partial charge >= 0.3 is 5.97 Å². The van der Waals surface area contributed by atoms with Crippen molar-refractivity contribution in [3.05, 3.63) is 0 Å². The molecule has 0 heterocycles. The molecular weight excluding hydrogens is 266 g/mol. The maximum Gasteiger partial charge on any atom is 0.319 e. The van der Waals surface area contributed by atoms with Crippen LogP contribution < -0.4 is 5.32 Å². The van der Waals surface area contributed by atoms with E-state index in [1.54, 1.807) is 6.92 Å². The third-order valence-electron chi connectivity index (χ3n) is 4.40. The summed E-state index contributed by atoms with van der Waals surface area (Å²) in [5, 5.41) is 3.00. The van der Waals surface area contributed by atoms with Gasteiger partial charge in [-0.3, -0.25) is 9.59 Å². The maximum atomic E-state index is 12.5. The van der Waals surface area contributed by atoms with Crippen LogP contribution in [0.5, 0.6) is 0 Å². The van der Waals surface area contributed by atoms with Crippen molar-refractivity contribution in [3.8, 4) is 0 Å². The number of carbonyl (C=O) groups excluding carboxylic acids is 2. The van der Waals surface area contributed by atoms with E-state index in [9.17, 15) is 9.59 Å². The molecule has 0 spiro atoms. The van der Waals surface area contributed by atoms with Crippen molar-refractivity contribution >= 4 is 11.9 Å². The van der Waals surface area contributed by atoms with E-state index in [4.69, 9.17) is 4.74 Å². The van der Waals surface area contributed by atoms with Crippen molar-refractivity contribution in [1.29, 1.82) is 0 Å². The molecule has 4 heteroatoms. The van der Waals surface area contributed by atoms with Crippen LogP contribution in [0.2, 0.25) is 0 Å². The molecule has 1 N–H and O–H groups in total. The Morgan fingerprint density at radius 3 is 2.24 bits per heavy atom. The van der Waals surface area contributed by atoms with Crippen LogP contribution >= 0.6 is 0 Å². The van der Waals surface area contributed by atoms with Crippen molar-refractivity contribution in [3.63, 3.8) is 0 Å². The Morgan fingerprint density at radius 1 is 1.19 bits per heavy atom. The van der Waals surface area contributed by atoms with E-state index in [0.717, 1.165) is 12.8 Å². The molecule has 4 nitrogen and oxygen atoms in total. The molecule has 0 aromatic heterocycles. The van der Waals surface area contributed by atoms with Gasteiger partial charge in [0.05, 0.1) is 6.61 Å². The highest BCUT2D eigenvalue weighted by Gasteiger charge is 2.39. The molecule has 1 aliphatic rings. The first-order valence-electron chi connectivity index (χ1n) is 8.14. The lowest BCUT2D eigenvalue weighted by Crippen LogP contribution is -2.46. The van der Waals surface area contributed by atoms with Crippen LogP contribution in [0.3, 0.4) is 0 Å². The predicted octanol–water partition coefficient (Wildman–Crippen LogP) is 3.30. The number of hydrogen-bond acceptors (Lipinski definition) is 3. The molecule has 1 amide bonds. The highest BCUT2D eigenvalue weighted by molar-refractivity contribution is 5.98. The Morgan fingerprint density at radius 2 is 1.76 bits per heavy atom. The van der Waals surface area contributed by atoms with Gasteiger partial charge in [-0.1, -0.05) is 47.0 Å². The summed E-state index contributed by atoms with van der Waals surface area (Å²) in [6, 6.07) is 0. The zero-order chi connectivity index (χ0) is 16.1. The third kappa shape index (κ3) is 5.33. The van der Waals surface area contributed by atoms with Gasteiger partial charge in [0.15, 0.2) is 0 Å². The molecule has 0 bridgehead atoms. The summed E-state index contributed by atoms with van der Waals surface area (Å²) in [6.45, 7) is 10.6. The maximum absolute atomic E-state index is 12.5. The fourth-order valence-electron chi connectivity index (χ4n) is 3.06. The highest BCUT2D eigenvalue weighted by Crippen LogP contribution is 2.35. The first-order valence-corrected chi connectivity index (χ1v) is 8.14. The SMILES string of the molecule is CCOC(=O)C(C(=O)NCC1(C)CCCCC1)C(C)(C)C. The Bertz CT molecular complexity index is 365. The van der Waals surface area contributed by atoms with Crippen molar-refractivity contribution in [2.24, 2.45) is 16.7 Å². The molecule has 0 saturated heterocycles. The average molecular weight is 297 g/mol. The second-order valence-corrected chi connectivity index (χ2v) is 7.64.